The van der Waals surface area contributed by atoms with E-state index in [1.807, 2.05) is 0 Å². The highest BCUT2D eigenvalue weighted by molar-refractivity contribution is 7.92. The number of ketones is 1. The molecule has 0 atom stereocenters. The molecule has 1 aromatic rings. The maximum atomic E-state index is 12.2. The van der Waals surface area contributed by atoms with Gasteiger partial charge >= 0.3 is 0 Å². The van der Waals surface area contributed by atoms with Crippen molar-refractivity contribution in [2.24, 2.45) is 0 Å². The summed E-state index contributed by atoms with van der Waals surface area (Å²) in [6.45, 7) is 8.57. The smallest absolute Gasteiger partial charge is 0.240 e. The predicted molar refractivity (Wildman–Crippen MR) is 113 cm³/mol. The van der Waals surface area contributed by atoms with Crippen molar-refractivity contribution in [1.82, 2.24) is 4.72 Å². The van der Waals surface area contributed by atoms with Crippen LogP contribution in [0.3, 0.4) is 0 Å². The molecule has 1 rings (SSSR count). The van der Waals surface area contributed by atoms with Crippen LogP contribution >= 0.6 is 0 Å². The SMILES string of the molecule is CC(C)NS(=O)(=O)c1cccc(CC(=O)CCCCCS(=O)(=O)C(C)(C)C)c1. The molecule has 0 aliphatic heterocycles. The van der Waals surface area contributed by atoms with E-state index in [9.17, 15) is 21.6 Å². The van der Waals surface area contributed by atoms with E-state index in [4.69, 9.17) is 0 Å². The van der Waals surface area contributed by atoms with Crippen molar-refractivity contribution in [1.29, 1.82) is 0 Å². The van der Waals surface area contributed by atoms with Gasteiger partial charge in [-0.15, -0.1) is 0 Å². The Labute approximate surface area is 170 Å². The Bertz CT molecular complexity index is 866. The summed E-state index contributed by atoms with van der Waals surface area (Å²) < 4.78 is 50.3. The Hall–Kier alpha value is -1.25. The van der Waals surface area contributed by atoms with Crippen LogP contribution in [0.1, 0.15) is 65.9 Å². The zero-order chi connectivity index (χ0) is 21.6. The second kappa shape index (κ2) is 9.98. The lowest BCUT2D eigenvalue weighted by Crippen LogP contribution is -2.30. The summed E-state index contributed by atoms with van der Waals surface area (Å²) in [5.41, 5.74) is 0.659. The largest absolute Gasteiger partial charge is 0.299 e. The molecule has 0 saturated heterocycles. The number of rotatable bonds is 11. The van der Waals surface area contributed by atoms with Crippen LogP contribution in [-0.2, 0) is 31.1 Å². The van der Waals surface area contributed by atoms with Gasteiger partial charge in [0.1, 0.15) is 5.78 Å². The van der Waals surface area contributed by atoms with Crippen LogP contribution in [0.4, 0.5) is 0 Å². The zero-order valence-corrected chi connectivity index (χ0v) is 19.1. The molecule has 6 nitrogen and oxygen atoms in total. The summed E-state index contributed by atoms with van der Waals surface area (Å²) in [4.78, 5) is 12.3. The van der Waals surface area contributed by atoms with Gasteiger partial charge in [-0.2, -0.15) is 0 Å². The van der Waals surface area contributed by atoms with E-state index in [0.717, 1.165) is 0 Å². The van der Waals surface area contributed by atoms with E-state index in [2.05, 4.69) is 4.72 Å². The van der Waals surface area contributed by atoms with Crippen LogP contribution in [0.25, 0.3) is 0 Å². The van der Waals surface area contributed by atoms with Gasteiger partial charge in [0.2, 0.25) is 10.0 Å². The Morgan fingerprint density at radius 3 is 2.25 bits per heavy atom. The van der Waals surface area contributed by atoms with Crippen molar-refractivity contribution in [3.63, 3.8) is 0 Å². The van der Waals surface area contributed by atoms with Crippen molar-refractivity contribution in [3.05, 3.63) is 29.8 Å². The fourth-order valence-corrected chi connectivity index (χ4v) is 5.13. The third kappa shape index (κ3) is 8.01. The minimum absolute atomic E-state index is 0.0186. The molecule has 0 bridgehead atoms. The molecule has 1 aromatic carbocycles. The average Bonchev–Trinajstić information content (AvgIpc) is 2.52. The van der Waals surface area contributed by atoms with Gasteiger partial charge in [-0.25, -0.2) is 21.6 Å². The minimum Gasteiger partial charge on any atom is -0.299 e. The van der Waals surface area contributed by atoms with E-state index >= 15 is 0 Å². The summed E-state index contributed by atoms with van der Waals surface area (Å²) >= 11 is 0. The number of benzene rings is 1. The van der Waals surface area contributed by atoms with Gasteiger partial charge in [-0.05, 0) is 65.2 Å². The van der Waals surface area contributed by atoms with Crippen molar-refractivity contribution in [2.45, 2.75) is 82.4 Å². The van der Waals surface area contributed by atoms with E-state index in [1.54, 1.807) is 46.8 Å². The van der Waals surface area contributed by atoms with Gasteiger partial charge in [-0.3, -0.25) is 4.79 Å². The monoisotopic (exact) mass is 431 g/mol. The van der Waals surface area contributed by atoms with Crippen molar-refractivity contribution >= 4 is 25.6 Å². The lowest BCUT2D eigenvalue weighted by atomic mass is 10.0. The topological polar surface area (TPSA) is 97.4 Å². The highest BCUT2D eigenvalue weighted by Crippen LogP contribution is 2.18. The highest BCUT2D eigenvalue weighted by Gasteiger charge is 2.27. The molecule has 0 aromatic heterocycles. The first-order valence-electron chi connectivity index (χ1n) is 9.60. The molecule has 1 N–H and O–H groups in total. The molecular weight excluding hydrogens is 398 g/mol. The molecule has 0 spiro atoms. The summed E-state index contributed by atoms with van der Waals surface area (Å²) in [6, 6.07) is 6.20. The van der Waals surface area contributed by atoms with Crippen molar-refractivity contribution in [2.75, 3.05) is 5.75 Å². The third-order valence-corrected chi connectivity index (χ3v) is 8.65. The molecule has 28 heavy (non-hydrogen) atoms. The van der Waals surface area contributed by atoms with E-state index in [-0.39, 0.29) is 28.9 Å². The van der Waals surface area contributed by atoms with Gasteiger partial charge in [0, 0.05) is 18.9 Å². The summed E-state index contributed by atoms with van der Waals surface area (Å²) in [5, 5.41) is 0. The van der Waals surface area contributed by atoms with Gasteiger partial charge < -0.3 is 0 Å². The molecule has 0 heterocycles. The van der Waals surface area contributed by atoms with Crippen LogP contribution in [0.2, 0.25) is 0 Å². The average molecular weight is 432 g/mol. The van der Waals surface area contributed by atoms with Gasteiger partial charge in [0.05, 0.1) is 15.4 Å². The van der Waals surface area contributed by atoms with Crippen molar-refractivity contribution in [3.8, 4) is 0 Å². The Kier molecular flexibility index (Phi) is 8.84. The maximum absolute atomic E-state index is 12.2. The Balaban J connectivity index is 2.51. The third-order valence-electron chi connectivity index (χ3n) is 4.30. The molecule has 0 fully saturated rings. The fraction of sp³-hybridized carbons (Fsp3) is 0.650. The molecule has 0 radical (unpaired) electrons. The number of nitrogens with one attached hydrogen (secondary N) is 1. The van der Waals surface area contributed by atoms with Crippen molar-refractivity contribution < 1.29 is 21.6 Å². The first kappa shape index (κ1) is 24.8. The number of carbonyl (C=O) groups excluding carboxylic acids is 1. The number of hydrogen-bond donors (Lipinski definition) is 1. The quantitative estimate of drug-likeness (QED) is 0.542. The molecule has 0 unspecified atom stereocenters. The molecule has 8 heteroatoms. The standard InChI is InChI=1S/C20H33NO5S2/c1-16(2)21-28(25,26)19-12-9-10-17(15-19)14-18(22)11-7-6-8-13-27(23,24)20(3,4)5/h9-10,12,15-16,21H,6-8,11,13-14H2,1-5H3. The number of sulfonamides is 1. The summed E-state index contributed by atoms with van der Waals surface area (Å²) in [5.74, 6) is 0.151. The van der Waals surface area contributed by atoms with Crippen LogP contribution in [0.15, 0.2) is 29.2 Å². The second-order valence-electron chi connectivity index (χ2n) is 8.38. The molecule has 0 amide bonds. The van der Waals surface area contributed by atoms with Crippen LogP contribution < -0.4 is 4.72 Å². The van der Waals surface area contributed by atoms with Gasteiger partial charge in [0.15, 0.2) is 9.84 Å². The molecule has 0 aliphatic rings. The fourth-order valence-electron chi connectivity index (χ4n) is 2.61. The minimum atomic E-state index is -3.59. The zero-order valence-electron chi connectivity index (χ0n) is 17.5. The second-order valence-corrected chi connectivity index (χ2v) is 13.0. The molecule has 160 valence electrons. The highest BCUT2D eigenvalue weighted by atomic mass is 32.2. The predicted octanol–water partition coefficient (Wildman–Crippen LogP) is 3.26. The van der Waals surface area contributed by atoms with E-state index in [1.165, 1.54) is 12.1 Å². The number of Topliss-reactive ketones (excluding diaryl/α,β-unsaturated/α-hetero) is 1. The lowest BCUT2D eigenvalue weighted by molar-refractivity contribution is -0.118. The lowest BCUT2D eigenvalue weighted by Gasteiger charge is -2.18. The summed E-state index contributed by atoms with van der Waals surface area (Å²) in [6.07, 6.45) is 2.38. The number of hydrogen-bond acceptors (Lipinski definition) is 5. The van der Waals surface area contributed by atoms with E-state index in [0.29, 0.717) is 31.2 Å². The van der Waals surface area contributed by atoms with Crippen LogP contribution in [-0.4, -0.2) is 39.2 Å². The summed E-state index contributed by atoms with van der Waals surface area (Å²) in [7, 11) is -6.71. The van der Waals surface area contributed by atoms with Gasteiger partial charge in [0.25, 0.3) is 0 Å². The molecule has 0 saturated carbocycles. The van der Waals surface area contributed by atoms with Gasteiger partial charge in [-0.1, -0.05) is 18.6 Å². The normalized spacial score (nSPS) is 13.1. The molecular formula is C20H33NO5S2. The number of sulfone groups is 1. The van der Waals surface area contributed by atoms with Crippen LogP contribution in [0.5, 0.6) is 0 Å². The Morgan fingerprint density at radius 2 is 1.68 bits per heavy atom. The van der Waals surface area contributed by atoms with E-state index < -0.39 is 24.6 Å². The Morgan fingerprint density at radius 1 is 1.04 bits per heavy atom. The maximum Gasteiger partial charge on any atom is 0.240 e. The number of carbonyl (C=O) groups is 1. The first-order chi connectivity index (χ1) is 12.7. The molecule has 0 aliphatic carbocycles. The number of unbranched alkanes of at least 4 members (excludes halogenated alkanes) is 2. The first-order valence-corrected chi connectivity index (χ1v) is 12.7. The van der Waals surface area contributed by atoms with Crippen LogP contribution in [0, 0.1) is 0 Å².